The van der Waals surface area contributed by atoms with Gasteiger partial charge in [0.1, 0.15) is 0 Å². The quantitative estimate of drug-likeness (QED) is 0.773. The van der Waals surface area contributed by atoms with Crippen LogP contribution in [0.1, 0.15) is 36.4 Å². The number of hydrogen-bond acceptors (Lipinski definition) is 3. The van der Waals surface area contributed by atoms with Crippen LogP contribution in [0, 0.1) is 6.92 Å². The predicted octanol–water partition coefficient (Wildman–Crippen LogP) is 1.47. The molecule has 0 bridgehead atoms. The van der Waals surface area contributed by atoms with E-state index in [-0.39, 0.29) is 30.8 Å². The van der Waals surface area contributed by atoms with Gasteiger partial charge in [-0.2, -0.15) is 0 Å². The van der Waals surface area contributed by atoms with Gasteiger partial charge < -0.3 is 21.7 Å². The molecule has 0 radical (unpaired) electrons. The number of carbonyl (C=O) groups is 2. The van der Waals surface area contributed by atoms with Gasteiger partial charge in [-0.15, -0.1) is 12.4 Å². The van der Waals surface area contributed by atoms with Gasteiger partial charge in [0.2, 0.25) is 5.91 Å². The first-order chi connectivity index (χ1) is 10.5. The first-order valence-electron chi connectivity index (χ1n) is 7.62. The monoisotopic (exact) mass is 340 g/mol. The van der Waals surface area contributed by atoms with Crippen molar-refractivity contribution in [2.45, 2.75) is 38.3 Å². The molecule has 23 heavy (non-hydrogen) atoms. The maximum atomic E-state index is 12.5. The summed E-state index contributed by atoms with van der Waals surface area (Å²) >= 11 is 0. The van der Waals surface area contributed by atoms with Crippen molar-refractivity contribution in [1.29, 1.82) is 0 Å². The summed E-state index contributed by atoms with van der Waals surface area (Å²) in [7, 11) is 0. The second kappa shape index (κ2) is 8.74. The van der Waals surface area contributed by atoms with E-state index in [4.69, 9.17) is 11.5 Å². The van der Waals surface area contributed by atoms with Crippen LogP contribution in [0.25, 0.3) is 0 Å². The molecule has 2 rings (SSSR count). The third-order valence-corrected chi connectivity index (χ3v) is 4.07. The molecule has 6 nitrogen and oxygen atoms in total. The van der Waals surface area contributed by atoms with E-state index in [2.05, 4.69) is 5.32 Å². The highest BCUT2D eigenvalue weighted by molar-refractivity contribution is 5.85. The Bertz CT molecular complexity index is 553. The average molecular weight is 341 g/mol. The van der Waals surface area contributed by atoms with E-state index in [0.29, 0.717) is 6.54 Å². The highest BCUT2D eigenvalue weighted by atomic mass is 35.5. The number of piperidine rings is 1. The second-order valence-electron chi connectivity index (χ2n) is 5.86. The van der Waals surface area contributed by atoms with Crippen molar-refractivity contribution in [1.82, 2.24) is 10.2 Å². The number of primary amides is 1. The smallest absolute Gasteiger partial charge is 0.312 e. The molecule has 128 valence electrons. The molecule has 7 heteroatoms. The van der Waals surface area contributed by atoms with Gasteiger partial charge in [0.05, 0.1) is 12.5 Å². The molecule has 1 aromatic carbocycles. The van der Waals surface area contributed by atoms with Crippen LogP contribution in [0.4, 0.5) is 4.79 Å². The molecule has 1 aromatic rings. The largest absolute Gasteiger partial charge is 0.352 e. The van der Waals surface area contributed by atoms with Crippen molar-refractivity contribution in [3.8, 4) is 0 Å². The Morgan fingerprint density at radius 3 is 2.70 bits per heavy atom. The summed E-state index contributed by atoms with van der Waals surface area (Å²) in [6.45, 7) is 3.26. The molecule has 2 atom stereocenters. The minimum absolute atomic E-state index is 0. The molecule has 0 saturated carbocycles. The topological polar surface area (TPSA) is 101 Å². The number of likely N-dealkylation sites (tertiary alicyclic amines) is 1. The Kier molecular flexibility index (Phi) is 7.32. The van der Waals surface area contributed by atoms with Crippen LogP contribution in [0.3, 0.4) is 0 Å². The van der Waals surface area contributed by atoms with Crippen molar-refractivity contribution >= 4 is 24.3 Å². The van der Waals surface area contributed by atoms with Gasteiger partial charge in [0.15, 0.2) is 0 Å². The molecule has 1 heterocycles. The van der Waals surface area contributed by atoms with Gasteiger partial charge >= 0.3 is 6.03 Å². The van der Waals surface area contributed by atoms with Crippen molar-refractivity contribution in [3.05, 3.63) is 35.4 Å². The number of aryl methyl sites for hydroxylation is 1. The summed E-state index contributed by atoms with van der Waals surface area (Å²) in [6, 6.07) is 6.67. The van der Waals surface area contributed by atoms with Gasteiger partial charge in [-0.25, -0.2) is 4.79 Å². The van der Waals surface area contributed by atoms with Crippen LogP contribution >= 0.6 is 12.4 Å². The van der Waals surface area contributed by atoms with Crippen LogP contribution in [0.15, 0.2) is 24.3 Å². The number of nitrogens with one attached hydrogen (secondary N) is 1. The normalized spacial score (nSPS) is 18.7. The van der Waals surface area contributed by atoms with E-state index in [9.17, 15) is 9.59 Å². The lowest BCUT2D eigenvalue weighted by Gasteiger charge is -2.32. The molecule has 2 unspecified atom stereocenters. The third-order valence-electron chi connectivity index (χ3n) is 4.07. The van der Waals surface area contributed by atoms with Crippen LogP contribution in [-0.2, 0) is 4.79 Å². The van der Waals surface area contributed by atoms with Gasteiger partial charge in [0.25, 0.3) is 0 Å². The highest BCUT2D eigenvalue weighted by Crippen LogP contribution is 2.22. The first kappa shape index (κ1) is 19.3. The lowest BCUT2D eigenvalue weighted by molar-refractivity contribution is -0.132. The number of halogens is 1. The maximum absolute atomic E-state index is 12.5. The number of nitrogens with two attached hydrogens (primary N) is 2. The van der Waals surface area contributed by atoms with Crippen LogP contribution < -0.4 is 16.8 Å². The first-order valence-corrected chi connectivity index (χ1v) is 7.62. The molecular formula is C16H25ClN4O2. The Hall–Kier alpha value is -1.79. The lowest BCUT2D eigenvalue weighted by Crippen LogP contribution is -2.47. The zero-order chi connectivity index (χ0) is 16.1. The zero-order valence-electron chi connectivity index (χ0n) is 13.3. The van der Waals surface area contributed by atoms with Gasteiger partial charge in [-0.1, -0.05) is 24.3 Å². The zero-order valence-corrected chi connectivity index (χ0v) is 14.1. The maximum Gasteiger partial charge on any atom is 0.312 e. The number of urea groups is 1. The molecule has 0 spiro atoms. The number of amides is 3. The number of hydrogen-bond donors (Lipinski definition) is 3. The Morgan fingerprint density at radius 1 is 1.39 bits per heavy atom. The van der Waals surface area contributed by atoms with E-state index in [1.165, 1.54) is 0 Å². The Morgan fingerprint density at radius 2 is 2.09 bits per heavy atom. The van der Waals surface area contributed by atoms with Crippen LogP contribution in [0.5, 0.6) is 0 Å². The Labute approximate surface area is 143 Å². The molecule has 1 aliphatic rings. The summed E-state index contributed by atoms with van der Waals surface area (Å²) in [5.74, 6) is -0.00264. The van der Waals surface area contributed by atoms with E-state index in [1.807, 2.05) is 31.2 Å². The van der Waals surface area contributed by atoms with E-state index < -0.39 is 12.1 Å². The number of carbonyl (C=O) groups excluding carboxylic acids is 2. The SMILES string of the molecule is Cc1ccccc1C(CC(=O)N1CCCC(N)C1)NC(N)=O.Cl. The van der Waals surface area contributed by atoms with Gasteiger partial charge in [-0.3, -0.25) is 4.79 Å². The van der Waals surface area contributed by atoms with Crippen molar-refractivity contribution in [3.63, 3.8) is 0 Å². The highest BCUT2D eigenvalue weighted by Gasteiger charge is 2.25. The van der Waals surface area contributed by atoms with Crippen LogP contribution in [0.2, 0.25) is 0 Å². The average Bonchev–Trinajstić information content (AvgIpc) is 2.46. The van der Waals surface area contributed by atoms with Crippen molar-refractivity contribution in [2.24, 2.45) is 11.5 Å². The van der Waals surface area contributed by atoms with Gasteiger partial charge in [-0.05, 0) is 30.9 Å². The lowest BCUT2D eigenvalue weighted by atomic mass is 9.97. The fourth-order valence-corrected chi connectivity index (χ4v) is 2.93. The molecule has 3 amide bonds. The standard InChI is InChI=1S/C16H24N4O2.ClH/c1-11-5-2-3-7-13(11)14(19-16(18)22)9-15(21)20-8-4-6-12(17)10-20;/h2-3,5,7,12,14H,4,6,8-10,17H2,1H3,(H3,18,19,22);1H. The molecule has 5 N–H and O–H groups in total. The summed E-state index contributed by atoms with van der Waals surface area (Å²) in [5.41, 5.74) is 13.1. The second-order valence-corrected chi connectivity index (χ2v) is 5.86. The third kappa shape index (κ3) is 5.41. The molecule has 1 saturated heterocycles. The van der Waals surface area contributed by atoms with E-state index in [0.717, 1.165) is 30.5 Å². The van der Waals surface area contributed by atoms with E-state index in [1.54, 1.807) is 4.90 Å². The summed E-state index contributed by atoms with van der Waals surface area (Å²) < 4.78 is 0. The number of benzene rings is 1. The summed E-state index contributed by atoms with van der Waals surface area (Å²) in [5, 5.41) is 2.68. The van der Waals surface area contributed by atoms with Crippen LogP contribution in [-0.4, -0.2) is 36.0 Å². The minimum atomic E-state index is -0.628. The number of rotatable bonds is 4. The summed E-state index contributed by atoms with van der Waals surface area (Å²) in [4.78, 5) is 25.5. The fourth-order valence-electron chi connectivity index (χ4n) is 2.93. The van der Waals surface area contributed by atoms with Crippen molar-refractivity contribution < 1.29 is 9.59 Å². The summed E-state index contributed by atoms with van der Waals surface area (Å²) in [6.07, 6.45) is 2.07. The minimum Gasteiger partial charge on any atom is -0.352 e. The molecule has 0 aromatic heterocycles. The Balaban J connectivity index is 0.00000264. The molecule has 1 fully saturated rings. The fraction of sp³-hybridized carbons (Fsp3) is 0.500. The number of nitrogens with zero attached hydrogens (tertiary/aromatic N) is 1. The van der Waals surface area contributed by atoms with Gasteiger partial charge in [0, 0.05) is 19.1 Å². The molecular weight excluding hydrogens is 316 g/mol. The molecule has 0 aliphatic carbocycles. The molecule has 1 aliphatic heterocycles. The van der Waals surface area contributed by atoms with Crippen molar-refractivity contribution in [2.75, 3.05) is 13.1 Å². The van der Waals surface area contributed by atoms with E-state index >= 15 is 0 Å². The predicted molar refractivity (Wildman–Crippen MR) is 92.3 cm³/mol.